The molecule has 0 aromatic carbocycles. The van der Waals surface area contributed by atoms with E-state index < -0.39 is 50.5 Å². The second-order valence-corrected chi connectivity index (χ2v) is 11.7. The van der Waals surface area contributed by atoms with E-state index >= 15 is 0 Å². The molecule has 0 bridgehead atoms. The summed E-state index contributed by atoms with van der Waals surface area (Å²) in [6, 6.07) is 0. The van der Waals surface area contributed by atoms with Crippen molar-refractivity contribution in [3.05, 3.63) is 38.3 Å². The summed E-state index contributed by atoms with van der Waals surface area (Å²) >= 11 is 0. The van der Waals surface area contributed by atoms with Crippen molar-refractivity contribution >= 4 is 14.1 Å². The molecule has 23 heavy (non-hydrogen) atoms. The van der Waals surface area contributed by atoms with Crippen molar-refractivity contribution < 1.29 is 19.3 Å². The van der Waals surface area contributed by atoms with E-state index in [4.69, 9.17) is 9.84 Å². The van der Waals surface area contributed by atoms with E-state index in [9.17, 15) is 19.1 Å². The Morgan fingerprint density at radius 2 is 2.09 bits per heavy atom. The zero-order valence-corrected chi connectivity index (χ0v) is 14.2. The highest BCUT2D eigenvalue weighted by atomic mass is 28.3. The van der Waals surface area contributed by atoms with Crippen LogP contribution in [0.1, 0.15) is 11.8 Å². The van der Waals surface area contributed by atoms with Crippen molar-refractivity contribution in [1.29, 1.82) is 0 Å². The number of aliphatic hydroxyl groups is 2. The molecule has 0 saturated carbocycles. The van der Waals surface area contributed by atoms with Gasteiger partial charge in [-0.1, -0.05) is 31.4 Å². The molecule has 3 N–H and O–H groups in total. The molecule has 4 atom stereocenters. The lowest BCUT2D eigenvalue weighted by atomic mass is 10.1. The first kappa shape index (κ1) is 17.8. The quantitative estimate of drug-likeness (QED) is 0.668. The molecule has 2 rings (SSSR count). The third kappa shape index (κ3) is 3.86. The monoisotopic (exact) mass is 344 g/mol. The Hall–Kier alpha value is -1.55. The molecule has 1 aromatic heterocycles. The van der Waals surface area contributed by atoms with Crippen molar-refractivity contribution in [2.75, 3.05) is 6.61 Å². The van der Waals surface area contributed by atoms with Crippen LogP contribution in [0.25, 0.3) is 6.08 Å². The van der Waals surface area contributed by atoms with Gasteiger partial charge in [-0.2, -0.15) is 0 Å². The number of nitrogens with one attached hydrogen (secondary N) is 1. The van der Waals surface area contributed by atoms with Crippen LogP contribution in [-0.4, -0.2) is 52.8 Å². The summed E-state index contributed by atoms with van der Waals surface area (Å²) in [5.74, 6) is 0. The minimum atomic E-state index is -1.88. The van der Waals surface area contributed by atoms with Gasteiger partial charge in [0.1, 0.15) is 12.2 Å². The predicted octanol–water partition coefficient (Wildman–Crippen LogP) is 0.0159. The number of halogens is 1. The van der Waals surface area contributed by atoms with E-state index in [1.165, 1.54) is 6.20 Å². The lowest BCUT2D eigenvalue weighted by Gasteiger charge is -2.16. The molecule has 1 aromatic rings. The summed E-state index contributed by atoms with van der Waals surface area (Å²) in [5.41, 5.74) is 0.706. The van der Waals surface area contributed by atoms with Gasteiger partial charge in [0.15, 0.2) is 12.4 Å². The second-order valence-electron chi connectivity index (χ2n) is 6.63. The third-order valence-corrected chi connectivity index (χ3v) is 4.67. The average Bonchev–Trinajstić information content (AvgIpc) is 2.73. The summed E-state index contributed by atoms with van der Waals surface area (Å²) < 4.78 is 20.2. The van der Waals surface area contributed by atoms with Crippen LogP contribution in [0.5, 0.6) is 0 Å². The summed E-state index contributed by atoms with van der Waals surface area (Å²) in [7, 11) is -1.57. The van der Waals surface area contributed by atoms with E-state index in [0.717, 1.165) is 4.57 Å². The van der Waals surface area contributed by atoms with Gasteiger partial charge in [0.2, 0.25) is 0 Å². The van der Waals surface area contributed by atoms with Crippen LogP contribution in [0, 0.1) is 0 Å². The van der Waals surface area contributed by atoms with Crippen LogP contribution in [-0.2, 0) is 4.74 Å². The predicted molar refractivity (Wildman–Crippen MR) is 85.6 cm³/mol. The maximum absolute atomic E-state index is 14.1. The number of aliphatic hydroxyl groups excluding tert-OH is 2. The molecule has 9 heteroatoms. The molecular weight excluding hydrogens is 323 g/mol. The second kappa shape index (κ2) is 6.52. The standard InChI is InChI=1S/C14H21FN2O5Si/c1-23(2,3)5-4-8-6-17(14(21)16-12(8)20)13-10(15)11(19)9(7-18)22-13/h4-6,9-11,13,18-19H,7H2,1-3H3,(H,16,20,21)/b5-4+/t9-,10?,11-,13-/m1/s1. The van der Waals surface area contributed by atoms with Crippen molar-refractivity contribution in [2.45, 2.75) is 44.2 Å². The van der Waals surface area contributed by atoms with Crippen molar-refractivity contribution in [3.63, 3.8) is 0 Å². The highest BCUT2D eigenvalue weighted by Gasteiger charge is 2.45. The molecular formula is C14H21FN2O5Si. The number of H-pyrrole nitrogens is 1. The van der Waals surface area contributed by atoms with Crippen LogP contribution < -0.4 is 11.2 Å². The Bertz CT molecular complexity index is 708. The Labute approximate surface area is 133 Å². The third-order valence-electron chi connectivity index (χ3n) is 3.51. The average molecular weight is 344 g/mol. The molecule has 1 aliphatic rings. The summed E-state index contributed by atoms with van der Waals surface area (Å²) in [4.78, 5) is 25.9. The maximum atomic E-state index is 14.1. The number of nitrogens with zero attached hydrogens (tertiary/aromatic N) is 1. The molecule has 1 saturated heterocycles. The summed E-state index contributed by atoms with van der Waals surface area (Å²) in [6.45, 7) is 5.66. The molecule has 1 fully saturated rings. The molecule has 2 heterocycles. The van der Waals surface area contributed by atoms with Crippen LogP contribution in [0.4, 0.5) is 4.39 Å². The molecule has 0 radical (unpaired) electrons. The highest BCUT2D eigenvalue weighted by Crippen LogP contribution is 2.30. The molecule has 128 valence electrons. The number of hydrogen-bond acceptors (Lipinski definition) is 5. The van der Waals surface area contributed by atoms with Gasteiger partial charge in [0.05, 0.1) is 20.2 Å². The first-order chi connectivity index (χ1) is 10.6. The van der Waals surface area contributed by atoms with Crippen LogP contribution in [0.2, 0.25) is 19.6 Å². The molecule has 0 amide bonds. The molecule has 1 unspecified atom stereocenters. The van der Waals surface area contributed by atoms with Gasteiger partial charge in [-0.25, -0.2) is 9.18 Å². The highest BCUT2D eigenvalue weighted by molar-refractivity contribution is 6.81. The largest absolute Gasteiger partial charge is 0.394 e. The molecule has 0 spiro atoms. The van der Waals surface area contributed by atoms with Crippen LogP contribution in [0.3, 0.4) is 0 Å². The normalized spacial score (nSPS) is 28.6. The Kier molecular flexibility index (Phi) is 5.04. The van der Waals surface area contributed by atoms with E-state index in [1.54, 1.807) is 6.08 Å². The van der Waals surface area contributed by atoms with Gasteiger partial charge in [-0.15, -0.1) is 0 Å². The number of alkyl halides is 1. The number of hydrogen-bond donors (Lipinski definition) is 3. The number of aromatic amines is 1. The van der Waals surface area contributed by atoms with E-state index in [0.29, 0.717) is 0 Å². The number of ether oxygens (including phenoxy) is 1. The maximum Gasteiger partial charge on any atom is 0.330 e. The van der Waals surface area contributed by atoms with Gasteiger partial charge in [-0.3, -0.25) is 14.3 Å². The van der Waals surface area contributed by atoms with Gasteiger partial charge in [-0.05, 0) is 0 Å². The first-order valence-electron chi connectivity index (χ1n) is 7.27. The fourth-order valence-electron chi connectivity index (χ4n) is 2.23. The zero-order valence-electron chi connectivity index (χ0n) is 13.2. The first-order valence-corrected chi connectivity index (χ1v) is 10.8. The molecule has 7 nitrogen and oxygen atoms in total. The Balaban J connectivity index is 2.42. The lowest BCUT2D eigenvalue weighted by molar-refractivity contribution is -0.0491. The van der Waals surface area contributed by atoms with E-state index in [1.807, 2.05) is 5.70 Å². The Morgan fingerprint density at radius 3 is 2.61 bits per heavy atom. The van der Waals surface area contributed by atoms with Crippen molar-refractivity contribution in [3.8, 4) is 0 Å². The molecule has 1 aliphatic heterocycles. The Morgan fingerprint density at radius 1 is 1.43 bits per heavy atom. The lowest BCUT2D eigenvalue weighted by Crippen LogP contribution is -2.37. The van der Waals surface area contributed by atoms with Crippen LogP contribution in [0.15, 0.2) is 21.5 Å². The fourth-order valence-corrected chi connectivity index (χ4v) is 2.91. The van der Waals surface area contributed by atoms with E-state index in [2.05, 4.69) is 24.6 Å². The molecule has 0 aliphatic carbocycles. The van der Waals surface area contributed by atoms with Gasteiger partial charge < -0.3 is 14.9 Å². The number of aromatic nitrogens is 2. The smallest absolute Gasteiger partial charge is 0.330 e. The zero-order chi connectivity index (χ0) is 17.4. The van der Waals surface area contributed by atoms with Crippen LogP contribution >= 0.6 is 0 Å². The minimum Gasteiger partial charge on any atom is -0.394 e. The summed E-state index contributed by atoms with van der Waals surface area (Å²) in [6.07, 6.45) is -3.13. The minimum absolute atomic E-state index is 0.199. The topological polar surface area (TPSA) is 105 Å². The van der Waals surface area contributed by atoms with E-state index in [-0.39, 0.29) is 5.56 Å². The summed E-state index contributed by atoms with van der Waals surface area (Å²) in [5, 5.41) is 18.7. The van der Waals surface area contributed by atoms with Crippen molar-refractivity contribution in [2.24, 2.45) is 0 Å². The van der Waals surface area contributed by atoms with Gasteiger partial charge >= 0.3 is 5.69 Å². The van der Waals surface area contributed by atoms with Gasteiger partial charge in [0.25, 0.3) is 5.56 Å². The fraction of sp³-hybridized carbons (Fsp3) is 0.571. The van der Waals surface area contributed by atoms with Crippen molar-refractivity contribution in [1.82, 2.24) is 9.55 Å². The van der Waals surface area contributed by atoms with Gasteiger partial charge in [0, 0.05) is 6.20 Å². The number of rotatable bonds is 4. The SMILES string of the molecule is C[Si](C)(C)/C=C/c1cn([C@@H]2O[C@H](CO)[C@@H](O)C2F)c(=O)[nH]c1=O.